The molecule has 0 fully saturated rings. The van der Waals surface area contributed by atoms with Crippen molar-refractivity contribution in [2.24, 2.45) is 0 Å². The lowest BCUT2D eigenvalue weighted by Crippen LogP contribution is -2.15. The fourth-order valence-electron chi connectivity index (χ4n) is 1.20. The van der Waals surface area contributed by atoms with Gasteiger partial charge in [0, 0.05) is 6.04 Å². The third-order valence-corrected chi connectivity index (χ3v) is 3.04. The summed E-state index contributed by atoms with van der Waals surface area (Å²) in [6.45, 7) is 6.58. The highest BCUT2D eigenvalue weighted by Crippen LogP contribution is 2.21. The van der Waals surface area contributed by atoms with Crippen molar-refractivity contribution in [1.29, 1.82) is 0 Å². The maximum absolute atomic E-state index is 3.52. The second-order valence-electron chi connectivity index (χ2n) is 3.15. The molecule has 0 unspecified atom stereocenters. The van der Waals surface area contributed by atoms with Gasteiger partial charge in [-0.25, -0.2) is 0 Å². The zero-order valence-corrected chi connectivity index (χ0v) is 8.87. The molecular formula is C10H17NS. The molecule has 0 atom stereocenters. The zero-order valence-electron chi connectivity index (χ0n) is 8.05. The number of anilines is 1. The highest BCUT2D eigenvalue weighted by Gasteiger charge is 2.03. The molecule has 0 radical (unpaired) electrons. The van der Waals surface area contributed by atoms with Gasteiger partial charge in [0.25, 0.3) is 0 Å². The Morgan fingerprint density at radius 3 is 2.50 bits per heavy atom. The third-order valence-electron chi connectivity index (χ3n) is 2.06. The first-order chi connectivity index (χ1) is 5.76. The Kier molecular flexibility index (Phi) is 3.60. The fourth-order valence-corrected chi connectivity index (χ4v) is 2.07. The molecule has 0 amide bonds. The van der Waals surface area contributed by atoms with Crippen LogP contribution < -0.4 is 5.32 Å². The van der Waals surface area contributed by atoms with E-state index in [9.17, 15) is 0 Å². The molecule has 1 heterocycles. The lowest BCUT2D eigenvalue weighted by atomic mass is 10.2. The topological polar surface area (TPSA) is 12.0 Å². The third kappa shape index (κ3) is 2.52. The summed E-state index contributed by atoms with van der Waals surface area (Å²) >= 11 is 1.80. The van der Waals surface area contributed by atoms with Gasteiger partial charge in [0.1, 0.15) is 0 Å². The normalized spacial score (nSPS) is 10.7. The van der Waals surface area contributed by atoms with E-state index in [0.29, 0.717) is 6.04 Å². The molecule has 2 heteroatoms. The van der Waals surface area contributed by atoms with Crippen molar-refractivity contribution < 1.29 is 0 Å². The molecule has 1 rings (SSSR count). The first-order valence-electron chi connectivity index (χ1n) is 4.58. The Morgan fingerprint density at radius 2 is 2.08 bits per heavy atom. The molecule has 0 aliphatic carbocycles. The quantitative estimate of drug-likeness (QED) is 0.751. The van der Waals surface area contributed by atoms with Gasteiger partial charge in [-0.15, -0.1) is 11.3 Å². The minimum absolute atomic E-state index is 0.642. The molecule has 0 bridgehead atoms. The van der Waals surface area contributed by atoms with Crippen LogP contribution in [0.4, 0.5) is 5.00 Å². The standard InChI is InChI=1S/C10H17NS/c1-4-9(5-2)11-10-6-8(3)7-12-10/h6-7,9,11H,4-5H2,1-3H3. The van der Waals surface area contributed by atoms with E-state index in [-0.39, 0.29) is 0 Å². The molecule has 68 valence electrons. The molecule has 1 aromatic heterocycles. The maximum Gasteiger partial charge on any atom is 0.0887 e. The van der Waals surface area contributed by atoms with Gasteiger partial charge in [-0.3, -0.25) is 0 Å². The Bertz CT molecular complexity index is 225. The summed E-state index contributed by atoms with van der Waals surface area (Å²) in [7, 11) is 0. The van der Waals surface area contributed by atoms with Gasteiger partial charge < -0.3 is 5.32 Å². The SMILES string of the molecule is CCC(CC)Nc1cc(C)cs1. The molecule has 0 aromatic carbocycles. The summed E-state index contributed by atoms with van der Waals surface area (Å²) in [4.78, 5) is 0. The van der Waals surface area contributed by atoms with Crippen molar-refractivity contribution in [1.82, 2.24) is 0 Å². The van der Waals surface area contributed by atoms with Crippen LogP contribution in [0.2, 0.25) is 0 Å². The van der Waals surface area contributed by atoms with E-state index in [2.05, 4.69) is 37.5 Å². The van der Waals surface area contributed by atoms with Crippen LogP contribution in [0, 0.1) is 6.92 Å². The van der Waals surface area contributed by atoms with Crippen molar-refractivity contribution in [3.05, 3.63) is 17.0 Å². The summed E-state index contributed by atoms with van der Waals surface area (Å²) in [5.74, 6) is 0. The molecule has 0 saturated heterocycles. The first kappa shape index (κ1) is 9.59. The average Bonchev–Trinajstić information content (AvgIpc) is 2.47. The van der Waals surface area contributed by atoms with Crippen LogP contribution in [-0.2, 0) is 0 Å². The van der Waals surface area contributed by atoms with Gasteiger partial charge in [0.15, 0.2) is 0 Å². The number of rotatable bonds is 4. The largest absolute Gasteiger partial charge is 0.374 e. The lowest BCUT2D eigenvalue weighted by Gasteiger charge is -2.13. The minimum Gasteiger partial charge on any atom is -0.374 e. The fraction of sp³-hybridized carbons (Fsp3) is 0.600. The molecule has 0 aliphatic rings. The van der Waals surface area contributed by atoms with E-state index in [1.807, 2.05) is 0 Å². The maximum atomic E-state index is 3.52. The van der Waals surface area contributed by atoms with Gasteiger partial charge >= 0.3 is 0 Å². The van der Waals surface area contributed by atoms with E-state index >= 15 is 0 Å². The summed E-state index contributed by atoms with van der Waals surface area (Å²) in [5.41, 5.74) is 1.36. The van der Waals surface area contributed by atoms with E-state index in [0.717, 1.165) is 0 Å². The molecule has 1 N–H and O–H groups in total. The highest BCUT2D eigenvalue weighted by molar-refractivity contribution is 7.14. The minimum atomic E-state index is 0.642. The van der Waals surface area contributed by atoms with Crippen molar-refractivity contribution in [3.63, 3.8) is 0 Å². The van der Waals surface area contributed by atoms with Crippen LogP contribution in [0.3, 0.4) is 0 Å². The first-order valence-corrected chi connectivity index (χ1v) is 5.45. The molecule has 0 saturated carbocycles. The van der Waals surface area contributed by atoms with Gasteiger partial charge in [0.05, 0.1) is 5.00 Å². The molecule has 1 aromatic rings. The van der Waals surface area contributed by atoms with Crippen LogP contribution in [0.25, 0.3) is 0 Å². The Labute approximate surface area is 78.8 Å². The summed E-state index contributed by atoms with van der Waals surface area (Å²) in [6.07, 6.45) is 2.40. The Morgan fingerprint density at radius 1 is 1.42 bits per heavy atom. The van der Waals surface area contributed by atoms with E-state index in [1.165, 1.54) is 23.4 Å². The van der Waals surface area contributed by atoms with Crippen LogP contribution in [-0.4, -0.2) is 6.04 Å². The summed E-state index contributed by atoms with van der Waals surface area (Å²) in [5, 5.41) is 7.01. The average molecular weight is 183 g/mol. The predicted octanol–water partition coefficient (Wildman–Crippen LogP) is 3.66. The van der Waals surface area contributed by atoms with Gasteiger partial charge in [-0.1, -0.05) is 13.8 Å². The van der Waals surface area contributed by atoms with Crippen molar-refractivity contribution in [2.75, 3.05) is 5.32 Å². The summed E-state index contributed by atoms with van der Waals surface area (Å²) in [6, 6.07) is 2.85. The Hall–Kier alpha value is -0.500. The lowest BCUT2D eigenvalue weighted by molar-refractivity contribution is 0.673. The van der Waals surface area contributed by atoms with Gasteiger partial charge in [-0.2, -0.15) is 0 Å². The number of hydrogen-bond donors (Lipinski definition) is 1. The van der Waals surface area contributed by atoms with Crippen LogP contribution >= 0.6 is 11.3 Å². The van der Waals surface area contributed by atoms with Crippen LogP contribution in [0.15, 0.2) is 11.4 Å². The predicted molar refractivity (Wildman–Crippen MR) is 57.0 cm³/mol. The molecule has 12 heavy (non-hydrogen) atoms. The van der Waals surface area contributed by atoms with Crippen molar-refractivity contribution >= 4 is 16.3 Å². The molecule has 0 spiro atoms. The van der Waals surface area contributed by atoms with E-state index in [1.54, 1.807) is 11.3 Å². The highest BCUT2D eigenvalue weighted by atomic mass is 32.1. The molecule has 1 nitrogen and oxygen atoms in total. The van der Waals surface area contributed by atoms with E-state index in [4.69, 9.17) is 0 Å². The van der Waals surface area contributed by atoms with E-state index < -0.39 is 0 Å². The van der Waals surface area contributed by atoms with Crippen LogP contribution in [0.1, 0.15) is 32.3 Å². The second-order valence-corrected chi connectivity index (χ2v) is 4.06. The van der Waals surface area contributed by atoms with Crippen molar-refractivity contribution in [2.45, 2.75) is 39.7 Å². The number of nitrogens with one attached hydrogen (secondary N) is 1. The monoisotopic (exact) mass is 183 g/mol. The summed E-state index contributed by atoms with van der Waals surface area (Å²) < 4.78 is 0. The van der Waals surface area contributed by atoms with Crippen LogP contribution in [0.5, 0.6) is 0 Å². The number of aryl methyl sites for hydroxylation is 1. The number of thiophene rings is 1. The Balaban J connectivity index is 2.50. The zero-order chi connectivity index (χ0) is 8.97. The second kappa shape index (κ2) is 4.51. The number of hydrogen-bond acceptors (Lipinski definition) is 2. The smallest absolute Gasteiger partial charge is 0.0887 e. The molecular weight excluding hydrogens is 166 g/mol. The van der Waals surface area contributed by atoms with Gasteiger partial charge in [-0.05, 0) is 36.8 Å². The van der Waals surface area contributed by atoms with Crippen molar-refractivity contribution in [3.8, 4) is 0 Å². The molecule has 0 aliphatic heterocycles. The van der Waals surface area contributed by atoms with Gasteiger partial charge in [0.2, 0.25) is 0 Å².